The first kappa shape index (κ1) is 19.5. The normalized spacial score (nSPS) is 24.9. The second-order valence-electron chi connectivity index (χ2n) is 6.85. The zero-order valence-corrected chi connectivity index (χ0v) is 16.7. The van der Waals surface area contributed by atoms with Gasteiger partial charge in [0.2, 0.25) is 0 Å². The second-order valence-corrected chi connectivity index (χ2v) is 8.10. The molecule has 2 aromatic rings. The number of aliphatic carboxylic acids is 2. The molecule has 2 aromatic carbocycles. The summed E-state index contributed by atoms with van der Waals surface area (Å²) in [7, 11) is 0. The van der Waals surface area contributed by atoms with Gasteiger partial charge < -0.3 is 10.2 Å². The van der Waals surface area contributed by atoms with Gasteiger partial charge in [0.25, 0.3) is 0 Å². The molecule has 2 N–H and O–H groups in total. The summed E-state index contributed by atoms with van der Waals surface area (Å²) in [5.41, 5.74) is -2.14. The van der Waals surface area contributed by atoms with Crippen molar-refractivity contribution in [2.75, 3.05) is 0 Å². The van der Waals surface area contributed by atoms with Crippen LogP contribution in [0.15, 0.2) is 60.2 Å². The monoisotopic (exact) mass is 480 g/mol. The van der Waals surface area contributed by atoms with Crippen molar-refractivity contribution >= 4 is 34.5 Å². The fourth-order valence-corrected chi connectivity index (χ4v) is 4.29. The molecule has 0 bridgehead atoms. The number of hydrogen-bond donors (Lipinski definition) is 2. The summed E-state index contributed by atoms with van der Waals surface area (Å²) >= 11 is 2.12. The van der Waals surface area contributed by atoms with Gasteiger partial charge in [-0.15, -0.1) is 0 Å². The lowest BCUT2D eigenvalue weighted by Crippen LogP contribution is -2.50. The minimum Gasteiger partial charge on any atom is -0.481 e. The van der Waals surface area contributed by atoms with Crippen molar-refractivity contribution in [3.05, 3.63) is 80.7 Å². The Bertz CT molecular complexity index is 937. The van der Waals surface area contributed by atoms with Crippen LogP contribution in [0, 0.1) is 9.39 Å². The van der Waals surface area contributed by atoms with Crippen LogP contribution in [0.1, 0.15) is 30.9 Å². The van der Waals surface area contributed by atoms with Crippen molar-refractivity contribution in [2.24, 2.45) is 0 Å². The molecule has 0 heterocycles. The average molecular weight is 480 g/mol. The second kappa shape index (κ2) is 7.07. The smallest absolute Gasteiger partial charge is 0.318 e. The molecule has 3 rings (SSSR count). The predicted octanol–water partition coefficient (Wildman–Crippen LogP) is 4.52. The van der Waals surface area contributed by atoms with E-state index in [1.165, 1.54) is 18.2 Å². The fourth-order valence-electron chi connectivity index (χ4n) is 3.93. The van der Waals surface area contributed by atoms with Crippen LogP contribution in [0.5, 0.6) is 0 Å². The molecular formula is C21H18FIO4. The summed E-state index contributed by atoms with van der Waals surface area (Å²) in [5, 5.41) is 20.3. The molecule has 0 aliphatic heterocycles. The lowest BCUT2D eigenvalue weighted by atomic mass is 9.57. The summed E-state index contributed by atoms with van der Waals surface area (Å²) < 4.78 is 15.5. The number of hydrogen-bond acceptors (Lipinski definition) is 2. The van der Waals surface area contributed by atoms with E-state index in [0.717, 1.165) is 3.57 Å². The zero-order valence-electron chi connectivity index (χ0n) is 14.6. The first-order valence-corrected chi connectivity index (χ1v) is 9.47. The molecule has 0 saturated carbocycles. The molecule has 0 amide bonds. The van der Waals surface area contributed by atoms with Gasteiger partial charge in [0.15, 0.2) is 0 Å². The van der Waals surface area contributed by atoms with Crippen LogP contribution in [0.25, 0.3) is 0 Å². The van der Waals surface area contributed by atoms with E-state index in [1.807, 2.05) is 0 Å². The predicted molar refractivity (Wildman–Crippen MR) is 107 cm³/mol. The highest BCUT2D eigenvalue weighted by molar-refractivity contribution is 14.1. The zero-order chi connectivity index (χ0) is 19.8. The molecule has 140 valence electrons. The first-order chi connectivity index (χ1) is 12.7. The molecule has 2 atom stereocenters. The van der Waals surface area contributed by atoms with Crippen LogP contribution >= 0.6 is 22.6 Å². The molecule has 0 radical (unpaired) electrons. The third-order valence-electron chi connectivity index (χ3n) is 5.50. The Morgan fingerprint density at radius 1 is 1.04 bits per heavy atom. The SMILES string of the molecule is CC1=CCC(C(=O)O)(c2ccccc2F)CC1(C(=O)O)c1ccc(I)cc1. The fraction of sp³-hybridized carbons (Fsp3) is 0.238. The summed E-state index contributed by atoms with van der Waals surface area (Å²) in [6.45, 7) is 1.69. The quantitative estimate of drug-likeness (QED) is 0.499. The molecule has 2 unspecified atom stereocenters. The minimum absolute atomic E-state index is 0.0115. The number of carboxylic acid groups (broad SMARTS) is 2. The van der Waals surface area contributed by atoms with E-state index in [4.69, 9.17) is 0 Å². The van der Waals surface area contributed by atoms with Gasteiger partial charge in [0.1, 0.15) is 16.6 Å². The average Bonchev–Trinajstić information content (AvgIpc) is 2.63. The number of benzene rings is 2. The van der Waals surface area contributed by atoms with E-state index in [2.05, 4.69) is 22.6 Å². The van der Waals surface area contributed by atoms with Crippen molar-refractivity contribution in [1.82, 2.24) is 0 Å². The van der Waals surface area contributed by atoms with Crippen LogP contribution in [0.4, 0.5) is 4.39 Å². The van der Waals surface area contributed by atoms with E-state index in [9.17, 15) is 24.2 Å². The highest BCUT2D eigenvalue weighted by Crippen LogP contribution is 2.50. The van der Waals surface area contributed by atoms with Crippen molar-refractivity contribution in [2.45, 2.75) is 30.6 Å². The number of halogens is 2. The molecular weight excluding hydrogens is 462 g/mol. The van der Waals surface area contributed by atoms with Gasteiger partial charge in [-0.2, -0.15) is 0 Å². The third kappa shape index (κ3) is 3.05. The van der Waals surface area contributed by atoms with Crippen molar-refractivity contribution in [3.8, 4) is 0 Å². The topological polar surface area (TPSA) is 74.6 Å². The minimum atomic E-state index is -1.66. The highest BCUT2D eigenvalue weighted by atomic mass is 127. The molecule has 0 fully saturated rings. The Hall–Kier alpha value is -2.22. The summed E-state index contributed by atoms with van der Waals surface area (Å²) in [6, 6.07) is 12.7. The molecule has 0 aromatic heterocycles. The number of rotatable bonds is 4. The van der Waals surface area contributed by atoms with Crippen LogP contribution in [0.2, 0.25) is 0 Å². The maximum atomic E-state index is 14.6. The molecule has 4 nitrogen and oxygen atoms in total. The summed E-state index contributed by atoms with van der Waals surface area (Å²) in [5.74, 6) is -3.01. The van der Waals surface area contributed by atoms with E-state index in [0.29, 0.717) is 11.1 Å². The largest absolute Gasteiger partial charge is 0.481 e. The Morgan fingerprint density at radius 3 is 2.22 bits per heavy atom. The van der Waals surface area contributed by atoms with Gasteiger partial charge in [-0.25, -0.2) is 4.39 Å². The van der Waals surface area contributed by atoms with Crippen molar-refractivity contribution in [1.29, 1.82) is 0 Å². The van der Waals surface area contributed by atoms with Crippen LogP contribution in [-0.2, 0) is 20.4 Å². The standard InChI is InChI=1S/C21H18FIO4/c1-13-10-11-20(18(24)25,16-4-2-3-5-17(16)22)12-21(13,19(26)27)14-6-8-15(23)9-7-14/h2-10H,11-12H2,1H3,(H,24,25)(H,26,27). The molecule has 0 spiro atoms. The number of carbonyl (C=O) groups is 2. The van der Waals surface area contributed by atoms with Crippen LogP contribution < -0.4 is 0 Å². The van der Waals surface area contributed by atoms with Gasteiger partial charge in [0.05, 0.1) is 0 Å². The van der Waals surface area contributed by atoms with Crippen molar-refractivity contribution < 1.29 is 24.2 Å². The Kier molecular flexibility index (Phi) is 5.12. The number of allylic oxidation sites excluding steroid dienone is 1. The van der Waals surface area contributed by atoms with Gasteiger partial charge >= 0.3 is 11.9 Å². The third-order valence-corrected chi connectivity index (χ3v) is 6.22. The van der Waals surface area contributed by atoms with E-state index >= 15 is 0 Å². The maximum absolute atomic E-state index is 14.6. The first-order valence-electron chi connectivity index (χ1n) is 8.39. The Labute approximate surface area is 169 Å². The molecule has 27 heavy (non-hydrogen) atoms. The lowest BCUT2D eigenvalue weighted by molar-refractivity contribution is -0.148. The number of carboxylic acids is 2. The van der Waals surface area contributed by atoms with Gasteiger partial charge in [0, 0.05) is 9.13 Å². The van der Waals surface area contributed by atoms with Gasteiger partial charge in [-0.05, 0) is 66.1 Å². The lowest BCUT2D eigenvalue weighted by Gasteiger charge is -2.43. The van der Waals surface area contributed by atoms with E-state index in [-0.39, 0.29) is 18.4 Å². The molecule has 6 heteroatoms. The highest BCUT2D eigenvalue weighted by Gasteiger charge is 2.55. The maximum Gasteiger partial charge on any atom is 0.318 e. The molecule has 1 aliphatic rings. The van der Waals surface area contributed by atoms with Gasteiger partial charge in [-0.3, -0.25) is 9.59 Å². The Morgan fingerprint density at radius 2 is 1.67 bits per heavy atom. The van der Waals surface area contributed by atoms with E-state index < -0.39 is 28.6 Å². The van der Waals surface area contributed by atoms with Crippen LogP contribution in [-0.4, -0.2) is 22.2 Å². The molecule has 0 saturated heterocycles. The van der Waals surface area contributed by atoms with E-state index in [1.54, 1.807) is 43.3 Å². The van der Waals surface area contributed by atoms with Crippen LogP contribution in [0.3, 0.4) is 0 Å². The Balaban J connectivity index is 2.27. The summed E-state index contributed by atoms with van der Waals surface area (Å²) in [6.07, 6.45) is 1.40. The summed E-state index contributed by atoms with van der Waals surface area (Å²) in [4.78, 5) is 24.8. The van der Waals surface area contributed by atoms with Crippen molar-refractivity contribution in [3.63, 3.8) is 0 Å². The van der Waals surface area contributed by atoms with Gasteiger partial charge in [-0.1, -0.05) is 42.0 Å². The molecule has 1 aliphatic carbocycles.